The third kappa shape index (κ3) is 4.65. The predicted molar refractivity (Wildman–Crippen MR) is 96.2 cm³/mol. The summed E-state index contributed by atoms with van der Waals surface area (Å²) in [6.07, 6.45) is 0. The van der Waals surface area contributed by atoms with Gasteiger partial charge < -0.3 is 19.7 Å². The molecule has 2 rings (SSSR count). The number of benzene rings is 2. The van der Waals surface area contributed by atoms with E-state index in [1.165, 1.54) is 0 Å². The smallest absolute Gasteiger partial charge is 0.251 e. The molecule has 0 spiro atoms. The highest BCUT2D eigenvalue weighted by molar-refractivity contribution is 5.94. The summed E-state index contributed by atoms with van der Waals surface area (Å²) in [6.45, 7) is 3.69. The molecule has 0 fully saturated rings. The fourth-order valence-corrected chi connectivity index (χ4v) is 2.34. The molecular weight excluding hydrogens is 304 g/mol. The normalized spacial score (nSPS) is 10.1. The number of para-hydroxylation sites is 1. The van der Waals surface area contributed by atoms with Gasteiger partial charge in [0.2, 0.25) is 0 Å². The summed E-state index contributed by atoms with van der Waals surface area (Å²) in [6, 6.07) is 15.2. The Morgan fingerprint density at radius 1 is 1.12 bits per heavy atom. The van der Waals surface area contributed by atoms with Gasteiger partial charge in [0.25, 0.3) is 5.91 Å². The maximum absolute atomic E-state index is 12.3. The van der Waals surface area contributed by atoms with Gasteiger partial charge in [0.05, 0.1) is 13.7 Å². The lowest BCUT2D eigenvalue weighted by Gasteiger charge is -2.19. The van der Waals surface area contributed by atoms with Gasteiger partial charge in [-0.05, 0) is 37.3 Å². The summed E-state index contributed by atoms with van der Waals surface area (Å²) in [5, 5.41) is 2.93. The minimum atomic E-state index is -0.125. The van der Waals surface area contributed by atoms with Gasteiger partial charge in [0.1, 0.15) is 0 Å². The molecular formula is C19H24N2O3. The highest BCUT2D eigenvalue weighted by atomic mass is 16.5. The Bertz CT molecular complexity index is 659. The van der Waals surface area contributed by atoms with Gasteiger partial charge in [-0.25, -0.2) is 0 Å². The lowest BCUT2D eigenvalue weighted by Crippen LogP contribution is -2.32. The number of anilines is 1. The van der Waals surface area contributed by atoms with Crippen LogP contribution in [0.2, 0.25) is 0 Å². The van der Waals surface area contributed by atoms with Crippen LogP contribution in [0.15, 0.2) is 48.5 Å². The Kier molecular flexibility index (Phi) is 6.49. The van der Waals surface area contributed by atoms with E-state index in [4.69, 9.17) is 9.47 Å². The van der Waals surface area contributed by atoms with Crippen molar-refractivity contribution in [2.75, 3.05) is 38.8 Å². The van der Waals surface area contributed by atoms with Crippen molar-refractivity contribution in [2.24, 2.45) is 0 Å². The van der Waals surface area contributed by atoms with E-state index in [0.29, 0.717) is 30.2 Å². The average Bonchev–Trinajstić information content (AvgIpc) is 2.62. The molecule has 1 amide bonds. The van der Waals surface area contributed by atoms with Crippen LogP contribution in [0.5, 0.6) is 11.5 Å². The number of carbonyl (C=O) groups excluding carboxylic acids is 1. The molecule has 0 aromatic heterocycles. The fourth-order valence-electron chi connectivity index (χ4n) is 2.34. The molecule has 2 aromatic carbocycles. The first-order chi connectivity index (χ1) is 11.7. The number of carbonyl (C=O) groups is 1. The van der Waals surface area contributed by atoms with E-state index in [9.17, 15) is 4.79 Å². The Hall–Kier alpha value is -2.69. The number of likely N-dealkylation sites (N-methyl/N-ethyl adjacent to an activating group) is 1. The van der Waals surface area contributed by atoms with Gasteiger partial charge >= 0.3 is 0 Å². The standard InChI is InChI=1S/C19H24N2O3/c1-4-24-18-14-15(10-11-17(18)23-3)19(22)20-12-13-21(2)16-8-6-5-7-9-16/h5-11,14H,4,12-13H2,1-3H3,(H,20,22). The van der Waals surface area contributed by atoms with Crippen LogP contribution in [0.3, 0.4) is 0 Å². The highest BCUT2D eigenvalue weighted by Gasteiger charge is 2.11. The molecule has 0 atom stereocenters. The molecule has 0 radical (unpaired) electrons. The Labute approximate surface area is 143 Å². The van der Waals surface area contributed by atoms with E-state index in [0.717, 1.165) is 12.2 Å². The molecule has 0 aliphatic rings. The lowest BCUT2D eigenvalue weighted by atomic mass is 10.2. The molecule has 0 aliphatic heterocycles. The SMILES string of the molecule is CCOc1cc(C(=O)NCCN(C)c2ccccc2)ccc1OC. The molecule has 0 aliphatic carbocycles. The molecule has 2 aromatic rings. The van der Waals surface area contributed by atoms with E-state index in [1.807, 2.05) is 44.3 Å². The highest BCUT2D eigenvalue weighted by Crippen LogP contribution is 2.27. The van der Waals surface area contributed by atoms with E-state index in [2.05, 4.69) is 10.2 Å². The second-order valence-corrected chi connectivity index (χ2v) is 5.31. The molecule has 24 heavy (non-hydrogen) atoms. The molecule has 0 heterocycles. The summed E-state index contributed by atoms with van der Waals surface area (Å²) < 4.78 is 10.7. The first kappa shape index (κ1) is 17.7. The number of methoxy groups -OCH3 is 1. The van der Waals surface area contributed by atoms with Crippen LogP contribution in [0.4, 0.5) is 5.69 Å². The number of ether oxygens (including phenoxy) is 2. The van der Waals surface area contributed by atoms with Crippen LogP contribution < -0.4 is 19.7 Å². The molecule has 0 bridgehead atoms. The number of rotatable bonds is 8. The lowest BCUT2D eigenvalue weighted by molar-refractivity contribution is 0.0954. The first-order valence-corrected chi connectivity index (χ1v) is 8.01. The van der Waals surface area contributed by atoms with Crippen molar-refractivity contribution in [1.29, 1.82) is 0 Å². The second kappa shape index (κ2) is 8.82. The molecule has 5 nitrogen and oxygen atoms in total. The summed E-state index contributed by atoms with van der Waals surface area (Å²) in [5.74, 6) is 1.08. The number of hydrogen-bond acceptors (Lipinski definition) is 4. The van der Waals surface area contributed by atoms with Crippen molar-refractivity contribution in [1.82, 2.24) is 5.32 Å². The van der Waals surface area contributed by atoms with Crippen LogP contribution in [-0.4, -0.2) is 39.8 Å². The molecule has 0 unspecified atom stereocenters. The summed E-state index contributed by atoms with van der Waals surface area (Å²) in [5.41, 5.74) is 1.68. The Morgan fingerprint density at radius 2 is 1.88 bits per heavy atom. The molecule has 0 saturated heterocycles. The Balaban J connectivity index is 1.91. The maximum Gasteiger partial charge on any atom is 0.251 e. The topological polar surface area (TPSA) is 50.8 Å². The summed E-state index contributed by atoms with van der Waals surface area (Å²) >= 11 is 0. The zero-order chi connectivity index (χ0) is 17.4. The van der Waals surface area contributed by atoms with Crippen LogP contribution in [-0.2, 0) is 0 Å². The number of hydrogen-bond donors (Lipinski definition) is 1. The Morgan fingerprint density at radius 3 is 2.54 bits per heavy atom. The first-order valence-electron chi connectivity index (χ1n) is 8.01. The van der Waals surface area contributed by atoms with Gasteiger partial charge in [-0.15, -0.1) is 0 Å². The van der Waals surface area contributed by atoms with Crippen LogP contribution in [0.25, 0.3) is 0 Å². The van der Waals surface area contributed by atoms with Gasteiger partial charge in [-0.1, -0.05) is 18.2 Å². The molecule has 128 valence electrons. The molecule has 1 N–H and O–H groups in total. The van der Waals surface area contributed by atoms with Crippen LogP contribution in [0, 0.1) is 0 Å². The van der Waals surface area contributed by atoms with E-state index in [-0.39, 0.29) is 5.91 Å². The minimum absolute atomic E-state index is 0.125. The average molecular weight is 328 g/mol. The summed E-state index contributed by atoms with van der Waals surface area (Å²) in [7, 11) is 3.58. The zero-order valence-electron chi connectivity index (χ0n) is 14.4. The van der Waals surface area contributed by atoms with E-state index in [1.54, 1.807) is 25.3 Å². The van der Waals surface area contributed by atoms with Crippen molar-refractivity contribution in [3.8, 4) is 11.5 Å². The van der Waals surface area contributed by atoms with E-state index < -0.39 is 0 Å². The van der Waals surface area contributed by atoms with Crippen molar-refractivity contribution >= 4 is 11.6 Å². The number of amides is 1. The largest absolute Gasteiger partial charge is 0.493 e. The third-order valence-corrected chi connectivity index (χ3v) is 3.66. The van der Waals surface area contributed by atoms with Gasteiger partial charge in [-0.2, -0.15) is 0 Å². The van der Waals surface area contributed by atoms with Crippen molar-refractivity contribution in [3.05, 3.63) is 54.1 Å². The van der Waals surface area contributed by atoms with Crippen molar-refractivity contribution in [2.45, 2.75) is 6.92 Å². The summed E-state index contributed by atoms with van der Waals surface area (Å²) in [4.78, 5) is 14.4. The third-order valence-electron chi connectivity index (χ3n) is 3.66. The minimum Gasteiger partial charge on any atom is -0.493 e. The van der Waals surface area contributed by atoms with Gasteiger partial charge in [-0.3, -0.25) is 4.79 Å². The number of nitrogens with one attached hydrogen (secondary N) is 1. The number of nitrogens with zero attached hydrogens (tertiary/aromatic N) is 1. The van der Waals surface area contributed by atoms with Crippen LogP contribution in [0.1, 0.15) is 17.3 Å². The van der Waals surface area contributed by atoms with Crippen molar-refractivity contribution < 1.29 is 14.3 Å². The maximum atomic E-state index is 12.3. The van der Waals surface area contributed by atoms with Crippen LogP contribution >= 0.6 is 0 Å². The molecule has 5 heteroatoms. The van der Waals surface area contributed by atoms with E-state index >= 15 is 0 Å². The zero-order valence-corrected chi connectivity index (χ0v) is 14.4. The predicted octanol–water partition coefficient (Wildman–Crippen LogP) is 2.96. The second-order valence-electron chi connectivity index (χ2n) is 5.31. The monoisotopic (exact) mass is 328 g/mol. The van der Waals surface area contributed by atoms with Gasteiger partial charge in [0, 0.05) is 31.4 Å². The fraction of sp³-hybridized carbons (Fsp3) is 0.316. The molecule has 0 saturated carbocycles. The quantitative estimate of drug-likeness (QED) is 0.809. The van der Waals surface area contributed by atoms with Gasteiger partial charge in [0.15, 0.2) is 11.5 Å². The van der Waals surface area contributed by atoms with Crippen molar-refractivity contribution in [3.63, 3.8) is 0 Å².